The van der Waals surface area contributed by atoms with Crippen molar-refractivity contribution in [2.45, 2.75) is 25.8 Å². The van der Waals surface area contributed by atoms with Crippen LogP contribution >= 0.6 is 0 Å². The van der Waals surface area contributed by atoms with Crippen molar-refractivity contribution in [1.82, 2.24) is 0 Å². The van der Waals surface area contributed by atoms with Gasteiger partial charge in [0.15, 0.2) is 0 Å². The maximum atomic E-state index is 13.6. The Morgan fingerprint density at radius 3 is 2.65 bits per heavy atom. The minimum Gasteiger partial charge on any atom is -0.478 e. The second kappa shape index (κ2) is 4.31. The van der Waals surface area contributed by atoms with E-state index in [-0.39, 0.29) is 11.7 Å². The number of rotatable bonds is 2. The fourth-order valence-electron chi connectivity index (χ4n) is 2.21. The van der Waals surface area contributed by atoms with Gasteiger partial charge in [-0.3, -0.25) is 0 Å². The number of carboxylic acids is 1. The van der Waals surface area contributed by atoms with Crippen molar-refractivity contribution in [1.29, 1.82) is 0 Å². The van der Waals surface area contributed by atoms with E-state index >= 15 is 0 Å². The average Bonchev–Trinajstić information content (AvgIpc) is 2.64. The van der Waals surface area contributed by atoms with Crippen LogP contribution in [0.5, 0.6) is 0 Å². The van der Waals surface area contributed by atoms with Gasteiger partial charge in [-0.15, -0.1) is 0 Å². The van der Waals surface area contributed by atoms with Gasteiger partial charge in [0, 0.05) is 18.7 Å². The average molecular weight is 241 g/mol. The Bertz CT molecular complexity index is 462. The molecule has 1 N–H and O–H groups in total. The van der Waals surface area contributed by atoms with Gasteiger partial charge in [0.05, 0.1) is 11.3 Å². The highest BCUT2D eigenvalue weighted by atomic mass is 19.1. The minimum absolute atomic E-state index is 0.150. The lowest BCUT2D eigenvalue weighted by molar-refractivity contribution is 0.0692. The Balaban J connectivity index is 2.46. The zero-order valence-electron chi connectivity index (χ0n) is 9.41. The van der Waals surface area contributed by atoms with Gasteiger partial charge in [-0.2, -0.15) is 0 Å². The van der Waals surface area contributed by atoms with Crippen LogP contribution in [0.3, 0.4) is 0 Å². The van der Waals surface area contributed by atoms with Crippen LogP contribution in [0.15, 0.2) is 12.1 Å². The third-order valence-corrected chi connectivity index (χ3v) is 3.13. The Hall–Kier alpha value is -1.65. The van der Waals surface area contributed by atoms with Gasteiger partial charge in [-0.25, -0.2) is 13.6 Å². The predicted molar refractivity (Wildman–Crippen MR) is 59.4 cm³/mol. The molecule has 1 heterocycles. The first-order valence-electron chi connectivity index (χ1n) is 5.49. The van der Waals surface area contributed by atoms with E-state index in [4.69, 9.17) is 5.11 Å². The van der Waals surface area contributed by atoms with Crippen molar-refractivity contribution in [3.63, 3.8) is 0 Å². The normalized spacial score (nSPS) is 19.7. The largest absolute Gasteiger partial charge is 0.478 e. The van der Waals surface area contributed by atoms with E-state index in [0.717, 1.165) is 18.9 Å². The molecule has 1 fully saturated rings. The van der Waals surface area contributed by atoms with Crippen molar-refractivity contribution in [3.8, 4) is 0 Å². The summed E-state index contributed by atoms with van der Waals surface area (Å²) in [6.45, 7) is 2.61. The molecule has 1 atom stereocenters. The van der Waals surface area contributed by atoms with Crippen LogP contribution in [0, 0.1) is 11.6 Å². The van der Waals surface area contributed by atoms with Crippen molar-refractivity contribution < 1.29 is 18.7 Å². The molecular formula is C12H13F2NO2. The molecule has 0 amide bonds. The molecular weight excluding hydrogens is 228 g/mol. The third-order valence-electron chi connectivity index (χ3n) is 3.13. The van der Waals surface area contributed by atoms with Gasteiger partial charge < -0.3 is 10.0 Å². The molecule has 1 aliphatic rings. The number of hydrogen-bond donors (Lipinski definition) is 1. The van der Waals surface area contributed by atoms with Crippen LogP contribution in [0.2, 0.25) is 0 Å². The molecule has 17 heavy (non-hydrogen) atoms. The molecule has 0 spiro atoms. The zero-order chi connectivity index (χ0) is 12.6. The Morgan fingerprint density at radius 2 is 2.12 bits per heavy atom. The summed E-state index contributed by atoms with van der Waals surface area (Å²) >= 11 is 0. The summed E-state index contributed by atoms with van der Waals surface area (Å²) in [7, 11) is 0. The number of anilines is 1. The predicted octanol–water partition coefficient (Wildman–Crippen LogP) is 2.65. The van der Waals surface area contributed by atoms with Crippen molar-refractivity contribution in [3.05, 3.63) is 29.3 Å². The fraction of sp³-hybridized carbons (Fsp3) is 0.417. The van der Waals surface area contributed by atoms with E-state index in [1.807, 2.05) is 6.92 Å². The molecule has 1 unspecified atom stereocenters. The Labute approximate surface area is 97.7 Å². The van der Waals surface area contributed by atoms with E-state index in [2.05, 4.69) is 0 Å². The summed E-state index contributed by atoms with van der Waals surface area (Å²) < 4.78 is 26.9. The Morgan fingerprint density at radius 1 is 1.41 bits per heavy atom. The van der Waals surface area contributed by atoms with Gasteiger partial charge in [0.25, 0.3) is 0 Å². The molecule has 1 aromatic carbocycles. The molecule has 1 aromatic rings. The lowest BCUT2D eigenvalue weighted by Gasteiger charge is -2.24. The van der Waals surface area contributed by atoms with Crippen molar-refractivity contribution in [2.24, 2.45) is 0 Å². The molecule has 2 rings (SSSR count). The fourth-order valence-corrected chi connectivity index (χ4v) is 2.21. The maximum Gasteiger partial charge on any atom is 0.338 e. The molecule has 0 bridgehead atoms. The number of hydrogen-bond acceptors (Lipinski definition) is 2. The van der Waals surface area contributed by atoms with Crippen LogP contribution in [-0.4, -0.2) is 23.7 Å². The van der Waals surface area contributed by atoms with E-state index < -0.39 is 23.2 Å². The number of halogens is 2. The van der Waals surface area contributed by atoms with E-state index in [9.17, 15) is 13.6 Å². The van der Waals surface area contributed by atoms with Crippen LogP contribution in [0.1, 0.15) is 30.1 Å². The monoisotopic (exact) mass is 241 g/mol. The number of carboxylic acid groups (broad SMARTS) is 1. The molecule has 0 radical (unpaired) electrons. The summed E-state index contributed by atoms with van der Waals surface area (Å²) in [5.41, 5.74) is -0.311. The topological polar surface area (TPSA) is 40.5 Å². The number of benzene rings is 1. The molecule has 92 valence electrons. The van der Waals surface area contributed by atoms with Crippen molar-refractivity contribution >= 4 is 11.7 Å². The van der Waals surface area contributed by atoms with Crippen LogP contribution < -0.4 is 4.90 Å². The zero-order valence-corrected chi connectivity index (χ0v) is 9.41. The van der Waals surface area contributed by atoms with Gasteiger partial charge in [-0.1, -0.05) is 0 Å². The second-order valence-corrected chi connectivity index (χ2v) is 4.27. The first kappa shape index (κ1) is 11.8. The SMILES string of the molecule is CC1CCCN1c1cc(C(=O)O)c(F)cc1F. The second-order valence-electron chi connectivity index (χ2n) is 4.27. The summed E-state index contributed by atoms with van der Waals surface area (Å²) in [5.74, 6) is -3.12. The van der Waals surface area contributed by atoms with Gasteiger partial charge in [0.2, 0.25) is 0 Å². The highest BCUT2D eigenvalue weighted by Crippen LogP contribution is 2.29. The summed E-state index contributed by atoms with van der Waals surface area (Å²) in [5, 5.41) is 8.81. The molecule has 0 saturated carbocycles. The Kier molecular flexibility index (Phi) is 3.00. The van der Waals surface area contributed by atoms with Gasteiger partial charge in [-0.05, 0) is 25.8 Å². The number of nitrogens with zero attached hydrogens (tertiary/aromatic N) is 1. The van der Waals surface area contributed by atoms with Crippen LogP contribution in [0.25, 0.3) is 0 Å². The van der Waals surface area contributed by atoms with Crippen LogP contribution in [-0.2, 0) is 0 Å². The molecule has 0 aliphatic carbocycles. The lowest BCUT2D eigenvalue weighted by atomic mass is 10.1. The summed E-state index contributed by atoms with van der Waals surface area (Å²) in [6.07, 6.45) is 1.86. The van der Waals surface area contributed by atoms with Crippen LogP contribution in [0.4, 0.5) is 14.5 Å². The van der Waals surface area contributed by atoms with E-state index in [1.54, 1.807) is 4.90 Å². The molecule has 0 aromatic heterocycles. The number of aromatic carboxylic acids is 1. The number of carbonyl (C=O) groups is 1. The highest BCUT2D eigenvalue weighted by Gasteiger charge is 2.25. The quantitative estimate of drug-likeness (QED) is 0.865. The highest BCUT2D eigenvalue weighted by molar-refractivity contribution is 5.89. The first-order valence-corrected chi connectivity index (χ1v) is 5.49. The molecule has 1 saturated heterocycles. The maximum absolute atomic E-state index is 13.6. The lowest BCUT2D eigenvalue weighted by Crippen LogP contribution is -2.27. The standard InChI is InChI=1S/C12H13F2NO2/c1-7-3-2-4-15(7)11-5-8(12(16)17)9(13)6-10(11)14/h5-7H,2-4H2,1H3,(H,16,17). The first-order chi connectivity index (χ1) is 8.00. The van der Waals surface area contributed by atoms with Gasteiger partial charge in [0.1, 0.15) is 11.6 Å². The summed E-state index contributed by atoms with van der Waals surface area (Å²) in [6, 6.07) is 1.87. The smallest absolute Gasteiger partial charge is 0.338 e. The summed E-state index contributed by atoms with van der Waals surface area (Å²) in [4.78, 5) is 12.6. The van der Waals surface area contributed by atoms with E-state index in [0.29, 0.717) is 12.6 Å². The third kappa shape index (κ3) is 2.09. The molecule has 5 heteroatoms. The van der Waals surface area contributed by atoms with Crippen molar-refractivity contribution in [2.75, 3.05) is 11.4 Å². The minimum atomic E-state index is -1.38. The molecule has 3 nitrogen and oxygen atoms in total. The molecule has 1 aliphatic heterocycles. The van der Waals surface area contributed by atoms with E-state index in [1.165, 1.54) is 0 Å². The van der Waals surface area contributed by atoms with Gasteiger partial charge >= 0.3 is 5.97 Å².